The lowest BCUT2D eigenvalue weighted by atomic mass is 10.1. The first-order chi connectivity index (χ1) is 8.89. The van der Waals surface area contributed by atoms with Gasteiger partial charge in [0.25, 0.3) is 0 Å². The summed E-state index contributed by atoms with van der Waals surface area (Å²) in [6, 6.07) is 5.43. The highest BCUT2D eigenvalue weighted by Gasteiger charge is 2.32. The van der Waals surface area contributed by atoms with Gasteiger partial charge in [-0.05, 0) is 23.8 Å². The zero-order valence-corrected chi connectivity index (χ0v) is 10.7. The third kappa shape index (κ3) is 3.56. The largest absolute Gasteiger partial charge is 0.573 e. The summed E-state index contributed by atoms with van der Waals surface area (Å²) < 4.78 is 40.2. The Kier molecular flexibility index (Phi) is 3.93. The highest BCUT2D eigenvalue weighted by atomic mass is 32.1. The Morgan fingerprint density at radius 3 is 2.74 bits per heavy atom. The van der Waals surface area contributed by atoms with Crippen LogP contribution in [0.5, 0.6) is 5.75 Å². The zero-order chi connectivity index (χ0) is 14.0. The van der Waals surface area contributed by atoms with E-state index in [1.807, 2.05) is 0 Å². The van der Waals surface area contributed by atoms with Crippen molar-refractivity contribution in [3.05, 3.63) is 24.3 Å². The molecule has 3 nitrogen and oxygen atoms in total. The number of benzene rings is 1. The van der Waals surface area contributed by atoms with Gasteiger partial charge in [0, 0.05) is 24.7 Å². The maximum Gasteiger partial charge on any atom is 0.573 e. The Balaban J connectivity index is 2.17. The first-order valence-corrected chi connectivity index (χ1v) is 6.29. The van der Waals surface area contributed by atoms with Crippen molar-refractivity contribution in [3.63, 3.8) is 0 Å². The van der Waals surface area contributed by atoms with Gasteiger partial charge in [-0.2, -0.15) is 12.6 Å². The second-order valence-electron chi connectivity index (χ2n) is 4.30. The van der Waals surface area contributed by atoms with Crippen molar-refractivity contribution < 1.29 is 22.7 Å². The van der Waals surface area contributed by atoms with Crippen molar-refractivity contribution in [2.45, 2.75) is 12.8 Å². The topological polar surface area (TPSA) is 29.5 Å². The smallest absolute Gasteiger partial charge is 0.406 e. The molecule has 0 spiro atoms. The van der Waals surface area contributed by atoms with Gasteiger partial charge in [0.2, 0.25) is 5.91 Å². The number of carbonyl (C=O) groups excluding carboxylic acids is 1. The molecule has 1 unspecified atom stereocenters. The van der Waals surface area contributed by atoms with Gasteiger partial charge < -0.3 is 9.64 Å². The highest BCUT2D eigenvalue weighted by Crippen LogP contribution is 2.30. The number of thiol groups is 1. The van der Waals surface area contributed by atoms with E-state index in [0.29, 0.717) is 24.4 Å². The fraction of sp³-hybridized carbons (Fsp3) is 0.417. The van der Waals surface area contributed by atoms with Crippen LogP contribution in [0.2, 0.25) is 0 Å². The van der Waals surface area contributed by atoms with Crippen molar-refractivity contribution in [3.8, 4) is 5.75 Å². The van der Waals surface area contributed by atoms with Gasteiger partial charge in [0.1, 0.15) is 5.75 Å². The van der Waals surface area contributed by atoms with Gasteiger partial charge in [-0.1, -0.05) is 6.07 Å². The van der Waals surface area contributed by atoms with E-state index >= 15 is 0 Å². The van der Waals surface area contributed by atoms with Crippen LogP contribution in [0, 0.1) is 5.92 Å². The number of rotatable bonds is 3. The van der Waals surface area contributed by atoms with Crippen LogP contribution in [0.3, 0.4) is 0 Å². The molecule has 1 fully saturated rings. The van der Waals surface area contributed by atoms with Gasteiger partial charge in [-0.15, -0.1) is 13.2 Å². The van der Waals surface area contributed by atoms with Crippen LogP contribution in [-0.4, -0.2) is 24.6 Å². The summed E-state index contributed by atoms with van der Waals surface area (Å²) in [5, 5.41) is 0. The fourth-order valence-electron chi connectivity index (χ4n) is 2.00. The molecule has 7 heteroatoms. The number of nitrogens with zero attached hydrogens (tertiary/aromatic N) is 1. The molecule has 104 valence electrons. The monoisotopic (exact) mass is 291 g/mol. The van der Waals surface area contributed by atoms with Crippen LogP contribution in [0.4, 0.5) is 18.9 Å². The molecule has 0 N–H and O–H groups in total. The molecule has 1 aromatic rings. The Morgan fingerprint density at radius 2 is 2.16 bits per heavy atom. The van der Waals surface area contributed by atoms with Crippen molar-refractivity contribution in [1.82, 2.24) is 0 Å². The van der Waals surface area contributed by atoms with E-state index in [9.17, 15) is 18.0 Å². The van der Waals surface area contributed by atoms with E-state index in [2.05, 4.69) is 17.4 Å². The molecule has 1 saturated heterocycles. The minimum absolute atomic E-state index is 0.108. The lowest BCUT2D eigenvalue weighted by Crippen LogP contribution is -2.25. The van der Waals surface area contributed by atoms with Gasteiger partial charge >= 0.3 is 6.36 Å². The molecule has 0 aliphatic carbocycles. The number of amides is 1. The molecule has 0 aromatic heterocycles. The van der Waals surface area contributed by atoms with Gasteiger partial charge in [0.15, 0.2) is 0 Å². The molecule has 0 saturated carbocycles. The Bertz CT molecular complexity index is 478. The molecule has 1 atom stereocenters. The minimum atomic E-state index is -4.73. The predicted molar refractivity (Wildman–Crippen MR) is 67.4 cm³/mol. The molecular formula is C12H12F3NO2S. The van der Waals surface area contributed by atoms with Crippen LogP contribution in [0.1, 0.15) is 6.42 Å². The van der Waals surface area contributed by atoms with Crippen molar-refractivity contribution in [1.29, 1.82) is 0 Å². The summed E-state index contributed by atoms with van der Waals surface area (Å²) in [5.41, 5.74) is 0.413. The molecule has 0 bridgehead atoms. The average molecular weight is 291 g/mol. The van der Waals surface area contributed by atoms with Crippen LogP contribution < -0.4 is 9.64 Å². The molecule has 1 aliphatic rings. The van der Waals surface area contributed by atoms with E-state index in [0.717, 1.165) is 0 Å². The second kappa shape index (κ2) is 5.32. The Morgan fingerprint density at radius 1 is 1.42 bits per heavy atom. The number of ether oxygens (including phenoxy) is 1. The minimum Gasteiger partial charge on any atom is -0.406 e. The van der Waals surface area contributed by atoms with Crippen LogP contribution in [0.15, 0.2) is 24.3 Å². The van der Waals surface area contributed by atoms with Crippen LogP contribution >= 0.6 is 12.6 Å². The lowest BCUT2D eigenvalue weighted by Gasteiger charge is -2.18. The normalized spacial score (nSPS) is 19.9. The Labute approximate surface area is 113 Å². The SMILES string of the molecule is O=C1CC(CS)CN1c1cccc(OC(F)(F)F)c1. The standard InChI is InChI=1S/C12H12F3NO2S/c13-12(14,15)18-10-3-1-2-9(5-10)16-6-8(7-19)4-11(16)17/h1-3,5,8,19H,4,6-7H2. The van der Waals surface area contributed by atoms with Crippen molar-refractivity contribution in [2.75, 3.05) is 17.2 Å². The number of hydrogen-bond donors (Lipinski definition) is 1. The second-order valence-corrected chi connectivity index (χ2v) is 4.67. The van der Waals surface area contributed by atoms with E-state index in [-0.39, 0.29) is 17.6 Å². The molecule has 1 aliphatic heterocycles. The first-order valence-electron chi connectivity index (χ1n) is 5.66. The van der Waals surface area contributed by atoms with Gasteiger partial charge in [-0.3, -0.25) is 4.79 Å². The summed E-state index contributed by atoms with van der Waals surface area (Å²) in [5.74, 6) is 0.263. The van der Waals surface area contributed by atoms with E-state index in [4.69, 9.17) is 0 Å². The molecular weight excluding hydrogens is 279 g/mol. The summed E-state index contributed by atoms with van der Waals surface area (Å²) in [4.78, 5) is 13.2. The number of halogens is 3. The molecule has 19 heavy (non-hydrogen) atoms. The maximum absolute atomic E-state index is 12.1. The third-order valence-corrected chi connectivity index (χ3v) is 3.34. The van der Waals surface area contributed by atoms with Crippen LogP contribution in [0.25, 0.3) is 0 Å². The first kappa shape index (κ1) is 14.0. The summed E-state index contributed by atoms with van der Waals surface area (Å²) >= 11 is 4.13. The average Bonchev–Trinajstić information content (AvgIpc) is 2.69. The van der Waals surface area contributed by atoms with E-state index < -0.39 is 6.36 Å². The van der Waals surface area contributed by atoms with E-state index in [1.54, 1.807) is 6.07 Å². The predicted octanol–water partition coefficient (Wildman–Crippen LogP) is 2.87. The summed E-state index contributed by atoms with van der Waals surface area (Å²) in [6.45, 7) is 0.470. The number of hydrogen-bond acceptors (Lipinski definition) is 3. The molecule has 0 radical (unpaired) electrons. The fourth-order valence-corrected chi connectivity index (χ4v) is 2.25. The number of anilines is 1. The number of carbonyl (C=O) groups is 1. The molecule has 1 heterocycles. The summed E-state index contributed by atoms with van der Waals surface area (Å²) in [7, 11) is 0. The van der Waals surface area contributed by atoms with Crippen molar-refractivity contribution in [2.24, 2.45) is 5.92 Å². The lowest BCUT2D eigenvalue weighted by molar-refractivity contribution is -0.274. The van der Waals surface area contributed by atoms with Crippen molar-refractivity contribution >= 4 is 24.2 Å². The Hall–Kier alpha value is -1.37. The summed E-state index contributed by atoms with van der Waals surface area (Å²) in [6.07, 6.45) is -4.37. The van der Waals surface area contributed by atoms with Crippen LogP contribution in [-0.2, 0) is 4.79 Å². The van der Waals surface area contributed by atoms with E-state index in [1.165, 1.54) is 23.1 Å². The maximum atomic E-state index is 12.1. The van der Waals surface area contributed by atoms with Gasteiger partial charge in [-0.25, -0.2) is 0 Å². The van der Waals surface area contributed by atoms with Gasteiger partial charge in [0.05, 0.1) is 0 Å². The number of alkyl halides is 3. The third-order valence-electron chi connectivity index (χ3n) is 2.83. The molecule has 2 rings (SSSR count). The highest BCUT2D eigenvalue weighted by molar-refractivity contribution is 7.80. The molecule has 1 aromatic carbocycles. The zero-order valence-electron chi connectivity index (χ0n) is 9.85. The quantitative estimate of drug-likeness (QED) is 0.868. The molecule has 1 amide bonds.